The molecule has 0 amide bonds. The van der Waals surface area contributed by atoms with Crippen molar-refractivity contribution in [2.75, 3.05) is 11.9 Å². The molecule has 0 atom stereocenters. The van der Waals surface area contributed by atoms with Crippen LogP contribution in [0.4, 0.5) is 10.2 Å². The molecule has 0 aliphatic carbocycles. The van der Waals surface area contributed by atoms with Crippen LogP contribution in [0.15, 0.2) is 6.33 Å². The second kappa shape index (κ2) is 4.36. The first-order valence-electron chi connectivity index (χ1n) is 3.89. The number of halogens is 1. The maximum Gasteiger partial charge on any atom is 0.186 e. The van der Waals surface area contributed by atoms with Gasteiger partial charge in [-0.3, -0.25) is 0 Å². The average Bonchev–Trinajstić information content (AvgIpc) is 2.16. The SMILES string of the molecule is CCc1ncnc(NCC#N)c1F. The Morgan fingerprint density at radius 2 is 2.38 bits per heavy atom. The van der Waals surface area contributed by atoms with Gasteiger partial charge in [0.15, 0.2) is 11.6 Å². The highest BCUT2D eigenvalue weighted by Crippen LogP contribution is 2.12. The molecule has 0 aliphatic rings. The van der Waals surface area contributed by atoms with Crippen molar-refractivity contribution < 1.29 is 4.39 Å². The summed E-state index contributed by atoms with van der Waals surface area (Å²) in [5.74, 6) is -0.381. The van der Waals surface area contributed by atoms with Crippen molar-refractivity contribution in [1.82, 2.24) is 9.97 Å². The predicted octanol–water partition coefficient (Wildman–Crippen LogP) is 1.11. The van der Waals surface area contributed by atoms with Crippen LogP contribution in [0.3, 0.4) is 0 Å². The number of nitriles is 1. The summed E-state index contributed by atoms with van der Waals surface area (Å²) in [6, 6.07) is 1.84. The summed E-state index contributed by atoms with van der Waals surface area (Å²) in [6.45, 7) is 1.84. The van der Waals surface area contributed by atoms with Crippen LogP contribution in [0.5, 0.6) is 0 Å². The van der Waals surface area contributed by atoms with Crippen molar-refractivity contribution in [3.8, 4) is 6.07 Å². The third-order valence-electron chi connectivity index (χ3n) is 1.53. The van der Waals surface area contributed by atoms with Crippen LogP contribution in [0.25, 0.3) is 0 Å². The van der Waals surface area contributed by atoms with E-state index in [4.69, 9.17) is 5.26 Å². The highest BCUT2D eigenvalue weighted by atomic mass is 19.1. The Hall–Kier alpha value is -1.70. The summed E-state index contributed by atoms with van der Waals surface area (Å²) in [6.07, 6.45) is 1.79. The first kappa shape index (κ1) is 9.39. The van der Waals surface area contributed by atoms with Crippen molar-refractivity contribution >= 4 is 5.82 Å². The van der Waals surface area contributed by atoms with Crippen molar-refractivity contribution in [1.29, 1.82) is 5.26 Å². The Morgan fingerprint density at radius 1 is 1.62 bits per heavy atom. The van der Waals surface area contributed by atoms with Gasteiger partial charge in [-0.2, -0.15) is 5.26 Å². The van der Waals surface area contributed by atoms with Gasteiger partial charge >= 0.3 is 0 Å². The third-order valence-corrected chi connectivity index (χ3v) is 1.53. The molecule has 1 aromatic heterocycles. The van der Waals surface area contributed by atoms with Gasteiger partial charge in [-0.25, -0.2) is 14.4 Å². The minimum Gasteiger partial charge on any atom is -0.354 e. The number of nitrogens with one attached hydrogen (secondary N) is 1. The molecule has 1 heterocycles. The standard InChI is InChI=1S/C8H9FN4/c1-2-6-7(9)8(11-4-3-10)13-5-12-6/h5H,2,4H2,1H3,(H,11,12,13). The van der Waals surface area contributed by atoms with E-state index < -0.39 is 5.82 Å². The normalized spacial score (nSPS) is 9.31. The van der Waals surface area contributed by atoms with Gasteiger partial charge in [-0.1, -0.05) is 6.92 Å². The third kappa shape index (κ3) is 2.12. The molecule has 0 bridgehead atoms. The molecule has 0 radical (unpaired) electrons. The molecule has 4 nitrogen and oxygen atoms in total. The van der Waals surface area contributed by atoms with Crippen molar-refractivity contribution in [2.24, 2.45) is 0 Å². The van der Waals surface area contributed by atoms with Gasteiger partial charge in [0.2, 0.25) is 0 Å². The van der Waals surface area contributed by atoms with Crippen LogP contribution in [-0.4, -0.2) is 16.5 Å². The van der Waals surface area contributed by atoms with E-state index in [0.29, 0.717) is 12.1 Å². The molecule has 1 rings (SSSR count). The monoisotopic (exact) mass is 180 g/mol. The number of hydrogen-bond acceptors (Lipinski definition) is 4. The lowest BCUT2D eigenvalue weighted by atomic mass is 10.3. The first-order valence-corrected chi connectivity index (χ1v) is 3.89. The minimum absolute atomic E-state index is 0.0388. The topological polar surface area (TPSA) is 61.6 Å². The Kier molecular flexibility index (Phi) is 3.15. The molecule has 0 saturated carbocycles. The lowest BCUT2D eigenvalue weighted by Crippen LogP contribution is -2.06. The second-order valence-electron chi connectivity index (χ2n) is 2.35. The Labute approximate surface area is 75.4 Å². The molecule has 0 unspecified atom stereocenters. The van der Waals surface area contributed by atoms with Crippen LogP contribution >= 0.6 is 0 Å². The zero-order valence-electron chi connectivity index (χ0n) is 7.21. The number of rotatable bonds is 3. The van der Waals surface area contributed by atoms with E-state index in [9.17, 15) is 4.39 Å². The molecular weight excluding hydrogens is 171 g/mol. The van der Waals surface area contributed by atoms with Crippen LogP contribution in [0.2, 0.25) is 0 Å². The number of aryl methyl sites for hydroxylation is 1. The zero-order chi connectivity index (χ0) is 9.68. The smallest absolute Gasteiger partial charge is 0.186 e. The molecule has 68 valence electrons. The molecule has 0 fully saturated rings. The average molecular weight is 180 g/mol. The van der Waals surface area contributed by atoms with Crippen molar-refractivity contribution in [3.63, 3.8) is 0 Å². The molecule has 1 N–H and O–H groups in total. The van der Waals surface area contributed by atoms with E-state index in [1.54, 1.807) is 6.92 Å². The number of anilines is 1. The lowest BCUT2D eigenvalue weighted by Gasteiger charge is -2.04. The molecule has 13 heavy (non-hydrogen) atoms. The largest absolute Gasteiger partial charge is 0.354 e. The van der Waals surface area contributed by atoms with Gasteiger partial charge in [0.05, 0.1) is 11.8 Å². The zero-order valence-corrected chi connectivity index (χ0v) is 7.21. The fourth-order valence-electron chi connectivity index (χ4n) is 0.899. The van der Waals surface area contributed by atoms with Gasteiger partial charge in [0, 0.05) is 0 Å². The number of nitrogens with zero attached hydrogens (tertiary/aromatic N) is 3. The molecular formula is C8H9FN4. The minimum atomic E-state index is -0.472. The quantitative estimate of drug-likeness (QED) is 0.708. The fourth-order valence-corrected chi connectivity index (χ4v) is 0.899. The van der Waals surface area contributed by atoms with Gasteiger partial charge < -0.3 is 5.32 Å². The van der Waals surface area contributed by atoms with Gasteiger partial charge in [-0.15, -0.1) is 0 Å². The first-order chi connectivity index (χ1) is 6.29. The Bertz CT molecular complexity index is 331. The molecule has 0 spiro atoms. The second-order valence-corrected chi connectivity index (χ2v) is 2.35. The van der Waals surface area contributed by atoms with E-state index in [-0.39, 0.29) is 12.4 Å². The maximum absolute atomic E-state index is 13.3. The fraction of sp³-hybridized carbons (Fsp3) is 0.375. The van der Waals surface area contributed by atoms with Crippen LogP contribution in [0, 0.1) is 17.1 Å². The van der Waals surface area contributed by atoms with E-state index in [1.807, 2.05) is 6.07 Å². The summed E-state index contributed by atoms with van der Waals surface area (Å²) < 4.78 is 13.3. The highest BCUT2D eigenvalue weighted by molar-refractivity contribution is 5.37. The van der Waals surface area contributed by atoms with Crippen LogP contribution in [-0.2, 0) is 6.42 Å². The van der Waals surface area contributed by atoms with Crippen molar-refractivity contribution in [2.45, 2.75) is 13.3 Å². The summed E-state index contributed by atoms with van der Waals surface area (Å²) in [5.41, 5.74) is 0.357. The van der Waals surface area contributed by atoms with Crippen molar-refractivity contribution in [3.05, 3.63) is 17.8 Å². The molecule has 1 aromatic rings. The molecule has 5 heteroatoms. The van der Waals surface area contributed by atoms with E-state index in [0.717, 1.165) is 0 Å². The Balaban J connectivity index is 2.89. The summed E-state index contributed by atoms with van der Waals surface area (Å²) >= 11 is 0. The van der Waals surface area contributed by atoms with E-state index in [1.165, 1.54) is 6.33 Å². The lowest BCUT2D eigenvalue weighted by molar-refractivity contribution is 0.597. The number of aromatic nitrogens is 2. The van der Waals surface area contributed by atoms with E-state index >= 15 is 0 Å². The van der Waals surface area contributed by atoms with Gasteiger partial charge in [0.1, 0.15) is 12.9 Å². The maximum atomic E-state index is 13.3. The predicted molar refractivity (Wildman–Crippen MR) is 45.5 cm³/mol. The van der Waals surface area contributed by atoms with Crippen LogP contribution < -0.4 is 5.32 Å². The van der Waals surface area contributed by atoms with Gasteiger partial charge in [-0.05, 0) is 6.42 Å². The number of hydrogen-bond donors (Lipinski definition) is 1. The highest BCUT2D eigenvalue weighted by Gasteiger charge is 2.07. The summed E-state index contributed by atoms with van der Waals surface area (Å²) in [5, 5.41) is 10.8. The van der Waals surface area contributed by atoms with Crippen LogP contribution in [0.1, 0.15) is 12.6 Å². The Morgan fingerprint density at radius 3 is 3.00 bits per heavy atom. The molecule has 0 aromatic carbocycles. The van der Waals surface area contributed by atoms with E-state index in [2.05, 4.69) is 15.3 Å². The summed E-state index contributed by atoms with van der Waals surface area (Å²) in [7, 11) is 0. The molecule has 0 aliphatic heterocycles. The summed E-state index contributed by atoms with van der Waals surface area (Å²) in [4.78, 5) is 7.43. The molecule has 0 saturated heterocycles. The van der Waals surface area contributed by atoms with Gasteiger partial charge in [0.25, 0.3) is 0 Å².